The van der Waals surface area contributed by atoms with Crippen molar-refractivity contribution >= 4 is 36.0 Å². The molecule has 1 N–H and O–H groups in total. The third-order valence-corrected chi connectivity index (χ3v) is 7.13. The van der Waals surface area contributed by atoms with Crippen molar-refractivity contribution in [2.75, 3.05) is 48.1 Å². The molecule has 0 radical (unpaired) electrons. The number of nitrogens with one attached hydrogen (secondary N) is 1. The molecule has 0 aromatic carbocycles. The molecular formula is C39H59N3O15. The zero-order valence-corrected chi connectivity index (χ0v) is 34.3. The summed E-state index contributed by atoms with van der Waals surface area (Å²) in [6, 6.07) is 0. The Morgan fingerprint density at radius 1 is 0.772 bits per heavy atom. The SMILES string of the molecule is C.CCOC(=O)/C(=C\N(C)C)C(=O)CC.CCOC(=O)c1c[nH]c(CC)c(C)c1=O.CCOC(=O)c1cn(CC(OC)OC)c(CC)c(C)c1=O.O=C=O.O=C=O. The van der Waals surface area contributed by atoms with E-state index in [1.165, 1.54) is 18.6 Å². The van der Waals surface area contributed by atoms with Crippen molar-refractivity contribution in [3.8, 4) is 0 Å². The van der Waals surface area contributed by atoms with E-state index >= 15 is 0 Å². The van der Waals surface area contributed by atoms with Crippen molar-refractivity contribution in [1.29, 1.82) is 0 Å². The molecule has 0 bridgehead atoms. The van der Waals surface area contributed by atoms with Gasteiger partial charge in [-0.3, -0.25) is 14.4 Å². The van der Waals surface area contributed by atoms with E-state index in [0.29, 0.717) is 30.5 Å². The molecule has 0 saturated carbocycles. The van der Waals surface area contributed by atoms with Gasteiger partial charge in [0.2, 0.25) is 0 Å². The minimum Gasteiger partial charge on any atom is -0.462 e. The highest BCUT2D eigenvalue weighted by atomic mass is 16.7. The number of aromatic amines is 1. The number of aryl methyl sites for hydroxylation is 1. The fourth-order valence-corrected chi connectivity index (χ4v) is 4.53. The average Bonchev–Trinajstić information content (AvgIpc) is 3.16. The zero-order valence-electron chi connectivity index (χ0n) is 34.3. The number of ketones is 1. The lowest BCUT2D eigenvalue weighted by Crippen LogP contribution is -2.29. The topological polar surface area (TPSA) is 241 Å². The monoisotopic (exact) mass is 809 g/mol. The largest absolute Gasteiger partial charge is 0.462 e. The van der Waals surface area contributed by atoms with Crippen LogP contribution >= 0.6 is 0 Å². The molecular weight excluding hydrogens is 750 g/mol. The Morgan fingerprint density at radius 2 is 1.23 bits per heavy atom. The Labute approximate surface area is 333 Å². The highest BCUT2D eigenvalue weighted by molar-refractivity contribution is 6.17. The third kappa shape index (κ3) is 21.2. The summed E-state index contributed by atoms with van der Waals surface area (Å²) in [5, 5.41) is 0. The molecule has 0 aliphatic carbocycles. The molecule has 57 heavy (non-hydrogen) atoms. The van der Waals surface area contributed by atoms with Crippen LogP contribution in [0.3, 0.4) is 0 Å². The third-order valence-electron chi connectivity index (χ3n) is 7.13. The van der Waals surface area contributed by atoms with Crippen LogP contribution in [0.2, 0.25) is 0 Å². The lowest BCUT2D eigenvalue weighted by molar-refractivity contribution is -0.193. The zero-order chi connectivity index (χ0) is 44.0. The number of Topliss-reactive ketones (excluding diaryl/α,β-unsaturated/α-hetero) is 1. The van der Waals surface area contributed by atoms with Crippen LogP contribution in [0.4, 0.5) is 0 Å². The van der Waals surface area contributed by atoms with Crippen molar-refractivity contribution in [2.24, 2.45) is 0 Å². The minimum atomic E-state index is -0.603. The summed E-state index contributed by atoms with van der Waals surface area (Å²) in [6.45, 7) is 15.3. The number of hydrogen-bond acceptors (Lipinski definition) is 16. The number of rotatable bonds is 15. The molecule has 0 fully saturated rings. The van der Waals surface area contributed by atoms with E-state index < -0.39 is 24.2 Å². The average molecular weight is 810 g/mol. The van der Waals surface area contributed by atoms with Crippen LogP contribution in [0.5, 0.6) is 0 Å². The Kier molecular flexibility index (Phi) is 34.1. The first-order chi connectivity index (χ1) is 26.5. The number of carbonyl (C=O) groups is 4. The van der Waals surface area contributed by atoms with E-state index in [1.54, 1.807) is 74.8 Å². The van der Waals surface area contributed by atoms with E-state index in [0.717, 1.165) is 17.8 Å². The summed E-state index contributed by atoms with van der Waals surface area (Å²) in [4.78, 5) is 107. The molecule has 18 nitrogen and oxygen atoms in total. The molecule has 0 saturated heterocycles. The van der Waals surface area contributed by atoms with Gasteiger partial charge in [0.15, 0.2) is 22.9 Å². The highest BCUT2D eigenvalue weighted by Gasteiger charge is 2.20. The van der Waals surface area contributed by atoms with E-state index in [9.17, 15) is 28.8 Å². The standard InChI is InChI=1S/C15H23NO5.C11H15NO3.C10H17NO3.2CO2.CH4/c1-6-12-10(3)14(17)11(15(18)21-7-2)8-16(12)9-13(19-4)20-5;1-4-9-7(3)10(13)8(6-12-9)11(14)15-5-2;1-5-9(12)8(7-11(3)4)10(13)14-6-2;2*2-1-3;/h8,13H,6-7,9H2,1-5H3;6H,4-5H2,1-3H3,(H,12,13);7H,5-6H2,1-4H3;;;1H4/b;;8-7-;;;. The number of esters is 3. The summed E-state index contributed by atoms with van der Waals surface area (Å²) in [5.74, 6) is -1.91. The molecule has 0 spiro atoms. The van der Waals surface area contributed by atoms with Crippen molar-refractivity contribution in [2.45, 2.75) is 94.9 Å². The van der Waals surface area contributed by atoms with Crippen LogP contribution in [0.15, 0.2) is 33.8 Å². The van der Waals surface area contributed by atoms with Gasteiger partial charge in [0.05, 0.1) is 26.4 Å². The minimum absolute atomic E-state index is 0. The first-order valence-corrected chi connectivity index (χ1v) is 17.4. The fraction of sp³-hybridized carbons (Fsp3) is 0.538. The number of hydrogen-bond donors (Lipinski definition) is 1. The van der Waals surface area contributed by atoms with Gasteiger partial charge in [0, 0.05) is 75.8 Å². The Morgan fingerprint density at radius 3 is 1.61 bits per heavy atom. The Bertz CT molecular complexity index is 1750. The van der Waals surface area contributed by atoms with Crippen LogP contribution in [0.1, 0.15) is 98.6 Å². The van der Waals surface area contributed by atoms with E-state index in [-0.39, 0.29) is 72.9 Å². The molecule has 2 rings (SSSR count). The van der Waals surface area contributed by atoms with Crippen LogP contribution < -0.4 is 10.9 Å². The van der Waals surface area contributed by atoms with Gasteiger partial charge in [-0.2, -0.15) is 19.2 Å². The van der Waals surface area contributed by atoms with Crippen molar-refractivity contribution in [3.05, 3.63) is 78.3 Å². The van der Waals surface area contributed by atoms with Crippen LogP contribution in [-0.2, 0) is 71.8 Å². The molecule has 2 heterocycles. The number of aromatic nitrogens is 2. The molecule has 320 valence electrons. The number of ether oxygens (including phenoxy) is 5. The molecule has 2 aromatic rings. The van der Waals surface area contributed by atoms with Gasteiger partial charge in [-0.1, -0.05) is 28.2 Å². The summed E-state index contributed by atoms with van der Waals surface area (Å²) < 4.78 is 26.7. The van der Waals surface area contributed by atoms with Crippen LogP contribution in [0.25, 0.3) is 0 Å². The van der Waals surface area contributed by atoms with Gasteiger partial charge in [-0.25, -0.2) is 14.4 Å². The van der Waals surface area contributed by atoms with Gasteiger partial charge < -0.3 is 38.1 Å². The lowest BCUT2D eigenvalue weighted by Gasteiger charge is -2.20. The maximum absolute atomic E-state index is 12.3. The summed E-state index contributed by atoms with van der Waals surface area (Å²) >= 11 is 0. The van der Waals surface area contributed by atoms with Crippen molar-refractivity contribution in [3.63, 3.8) is 0 Å². The second-order valence-electron chi connectivity index (χ2n) is 11.0. The summed E-state index contributed by atoms with van der Waals surface area (Å²) in [6.07, 6.45) is 6.20. The molecule has 0 aliphatic heterocycles. The number of methoxy groups -OCH3 is 2. The van der Waals surface area contributed by atoms with E-state index in [2.05, 4.69) is 4.98 Å². The summed E-state index contributed by atoms with van der Waals surface area (Å²) in [5.41, 5.74) is 2.54. The van der Waals surface area contributed by atoms with E-state index in [4.69, 9.17) is 42.9 Å². The predicted octanol–water partition coefficient (Wildman–Crippen LogP) is 3.38. The molecule has 0 aliphatic rings. The Hall–Kier alpha value is -5.80. The van der Waals surface area contributed by atoms with Gasteiger partial charge in [0.1, 0.15) is 16.7 Å². The first-order valence-electron chi connectivity index (χ1n) is 17.4. The van der Waals surface area contributed by atoms with E-state index in [1.807, 2.05) is 18.4 Å². The smallest absolute Gasteiger partial charge is 0.373 e. The van der Waals surface area contributed by atoms with Gasteiger partial charge in [0.25, 0.3) is 0 Å². The lowest BCUT2D eigenvalue weighted by atomic mass is 10.1. The van der Waals surface area contributed by atoms with Crippen LogP contribution in [-0.4, -0.2) is 105 Å². The molecule has 18 heteroatoms. The Balaban J connectivity index is -0.000000349. The molecule has 0 unspecified atom stereocenters. The second kappa shape index (κ2) is 33.5. The first kappa shape index (κ1) is 57.9. The number of nitrogens with zero attached hydrogens (tertiary/aromatic N) is 2. The summed E-state index contributed by atoms with van der Waals surface area (Å²) in [7, 11) is 6.59. The number of H-pyrrole nitrogens is 1. The van der Waals surface area contributed by atoms with Crippen molar-refractivity contribution in [1.82, 2.24) is 14.5 Å². The maximum atomic E-state index is 12.3. The second-order valence-corrected chi connectivity index (χ2v) is 11.0. The predicted molar refractivity (Wildman–Crippen MR) is 206 cm³/mol. The fourth-order valence-electron chi connectivity index (χ4n) is 4.53. The normalized spacial score (nSPS) is 9.67. The molecule has 0 atom stereocenters. The number of pyridine rings is 2. The molecule has 0 amide bonds. The quantitative estimate of drug-likeness (QED) is 0.0677. The maximum Gasteiger partial charge on any atom is 0.373 e. The van der Waals surface area contributed by atoms with Gasteiger partial charge >= 0.3 is 30.2 Å². The van der Waals surface area contributed by atoms with Gasteiger partial charge in [-0.15, -0.1) is 0 Å². The van der Waals surface area contributed by atoms with Crippen molar-refractivity contribution < 1.29 is 62.0 Å². The molecule has 2 aromatic heterocycles. The van der Waals surface area contributed by atoms with Gasteiger partial charge in [-0.05, 0) is 47.5 Å². The highest BCUT2D eigenvalue weighted by Crippen LogP contribution is 2.11. The number of carbonyl (C=O) groups excluding carboxylic acids is 8. The van der Waals surface area contributed by atoms with Crippen LogP contribution in [0, 0.1) is 13.8 Å².